The van der Waals surface area contributed by atoms with Gasteiger partial charge in [0.2, 0.25) is 0 Å². The predicted octanol–water partition coefficient (Wildman–Crippen LogP) is 5.60. The molecule has 1 heterocycles. The van der Waals surface area contributed by atoms with E-state index in [0.717, 1.165) is 0 Å². The topological polar surface area (TPSA) is 17.1 Å². The maximum absolute atomic E-state index is 11.8. The minimum atomic E-state index is -0.0721. The van der Waals surface area contributed by atoms with E-state index in [1.807, 2.05) is 11.4 Å². The largest absolute Gasteiger partial charge is 0.288 e. The van der Waals surface area contributed by atoms with E-state index >= 15 is 0 Å². The molecule has 18 heavy (non-hydrogen) atoms. The van der Waals surface area contributed by atoms with Gasteiger partial charge >= 0.3 is 0 Å². The lowest BCUT2D eigenvalue weighted by Gasteiger charge is -2.01. The smallest absolute Gasteiger partial charge is 0.195 e. The second kappa shape index (κ2) is 5.89. The van der Waals surface area contributed by atoms with Crippen molar-refractivity contribution >= 4 is 58.0 Å². The Labute approximate surface area is 124 Å². The van der Waals surface area contributed by atoms with Crippen LogP contribution in [0.4, 0.5) is 0 Å². The first-order valence-electron chi connectivity index (χ1n) is 4.98. The van der Waals surface area contributed by atoms with Gasteiger partial charge < -0.3 is 0 Å². The Bertz CT molecular complexity index is 603. The fraction of sp³-hybridized carbons (Fsp3) is 0. The van der Waals surface area contributed by atoms with Crippen molar-refractivity contribution in [2.45, 2.75) is 0 Å². The first-order valence-corrected chi connectivity index (χ1v) is 7.00. The van der Waals surface area contributed by atoms with Gasteiger partial charge in [0, 0.05) is 5.02 Å². The molecule has 0 amide bonds. The number of carbonyl (C=O) groups is 1. The highest BCUT2D eigenvalue weighted by Crippen LogP contribution is 2.30. The van der Waals surface area contributed by atoms with Gasteiger partial charge in [-0.2, -0.15) is 0 Å². The summed E-state index contributed by atoms with van der Waals surface area (Å²) < 4.78 is 0. The lowest BCUT2D eigenvalue weighted by Crippen LogP contribution is -1.89. The first-order chi connectivity index (χ1) is 8.58. The molecule has 0 aliphatic heterocycles. The monoisotopic (exact) mass is 316 g/mol. The summed E-state index contributed by atoms with van der Waals surface area (Å²) in [7, 11) is 0. The minimum absolute atomic E-state index is 0.0721. The third-order valence-corrected chi connectivity index (χ3v) is 4.12. The van der Waals surface area contributed by atoms with Crippen LogP contribution in [0, 0.1) is 0 Å². The van der Waals surface area contributed by atoms with Crippen molar-refractivity contribution in [2.24, 2.45) is 0 Å². The molecule has 92 valence electrons. The van der Waals surface area contributed by atoms with Crippen LogP contribution in [0.2, 0.25) is 15.1 Å². The lowest BCUT2D eigenvalue weighted by molar-refractivity contribution is 0.105. The zero-order chi connectivity index (χ0) is 13.1. The Kier molecular flexibility index (Phi) is 4.46. The second-order valence-electron chi connectivity index (χ2n) is 3.47. The molecule has 1 aromatic carbocycles. The summed E-state index contributed by atoms with van der Waals surface area (Å²) in [6, 6.07) is 6.82. The standard InChI is InChI=1S/C13H7Cl3OS/c14-9-6-8(13(16)10(15)7-9)3-4-11(17)12-2-1-5-18-12/h1-7H/b4-3+. The Morgan fingerprint density at radius 3 is 2.67 bits per heavy atom. The van der Waals surface area contributed by atoms with E-state index < -0.39 is 0 Å². The number of ketones is 1. The highest BCUT2D eigenvalue weighted by atomic mass is 35.5. The van der Waals surface area contributed by atoms with Gasteiger partial charge in [0.25, 0.3) is 0 Å². The number of allylic oxidation sites excluding steroid dienone is 1. The average Bonchev–Trinajstić information content (AvgIpc) is 2.85. The Hall–Kier alpha value is -0.800. The zero-order valence-electron chi connectivity index (χ0n) is 8.99. The average molecular weight is 318 g/mol. The molecule has 0 saturated heterocycles. The van der Waals surface area contributed by atoms with Crippen LogP contribution in [0.15, 0.2) is 35.7 Å². The van der Waals surface area contributed by atoms with Crippen LogP contribution in [0.3, 0.4) is 0 Å². The summed E-state index contributed by atoms with van der Waals surface area (Å²) in [5.74, 6) is -0.0721. The van der Waals surface area contributed by atoms with Crippen molar-refractivity contribution in [1.82, 2.24) is 0 Å². The molecule has 0 aliphatic carbocycles. The van der Waals surface area contributed by atoms with Crippen molar-refractivity contribution in [3.63, 3.8) is 0 Å². The van der Waals surface area contributed by atoms with Gasteiger partial charge in [-0.1, -0.05) is 40.9 Å². The van der Waals surface area contributed by atoms with Gasteiger partial charge in [-0.3, -0.25) is 4.79 Å². The maximum Gasteiger partial charge on any atom is 0.195 e. The van der Waals surface area contributed by atoms with E-state index in [2.05, 4.69) is 0 Å². The SMILES string of the molecule is O=C(/C=C/c1cc(Cl)cc(Cl)c1Cl)c1cccs1. The molecule has 0 saturated carbocycles. The Balaban J connectivity index is 2.27. The van der Waals surface area contributed by atoms with E-state index in [1.165, 1.54) is 17.4 Å². The highest BCUT2D eigenvalue weighted by Gasteiger charge is 2.06. The van der Waals surface area contributed by atoms with E-state index in [9.17, 15) is 4.79 Å². The summed E-state index contributed by atoms with van der Waals surface area (Å²) in [6.07, 6.45) is 3.07. The van der Waals surface area contributed by atoms with E-state index in [-0.39, 0.29) is 5.78 Å². The number of thiophene rings is 1. The molecule has 2 aromatic rings. The zero-order valence-corrected chi connectivity index (χ0v) is 12.1. The van der Waals surface area contributed by atoms with E-state index in [0.29, 0.717) is 25.5 Å². The van der Waals surface area contributed by atoms with E-state index in [1.54, 1.807) is 24.3 Å². The van der Waals surface area contributed by atoms with Crippen molar-refractivity contribution < 1.29 is 4.79 Å². The molecule has 0 aliphatic rings. The van der Waals surface area contributed by atoms with Crippen molar-refractivity contribution in [1.29, 1.82) is 0 Å². The number of hydrogen-bond acceptors (Lipinski definition) is 2. The molecule has 0 fully saturated rings. The normalized spacial score (nSPS) is 11.1. The molecular weight excluding hydrogens is 311 g/mol. The van der Waals surface area contributed by atoms with Crippen LogP contribution >= 0.6 is 46.1 Å². The van der Waals surface area contributed by atoms with Gasteiger partial charge in [-0.15, -0.1) is 11.3 Å². The molecule has 0 atom stereocenters. The molecule has 2 rings (SSSR count). The minimum Gasteiger partial charge on any atom is -0.288 e. The lowest BCUT2D eigenvalue weighted by atomic mass is 10.2. The van der Waals surface area contributed by atoms with Crippen LogP contribution in [0.1, 0.15) is 15.2 Å². The highest BCUT2D eigenvalue weighted by molar-refractivity contribution is 7.12. The van der Waals surface area contributed by atoms with Gasteiger partial charge in [0.1, 0.15) is 0 Å². The van der Waals surface area contributed by atoms with Crippen molar-refractivity contribution in [3.05, 3.63) is 61.2 Å². The molecule has 0 unspecified atom stereocenters. The Morgan fingerprint density at radius 1 is 1.22 bits per heavy atom. The van der Waals surface area contributed by atoms with Crippen molar-refractivity contribution in [2.75, 3.05) is 0 Å². The fourth-order valence-corrected chi connectivity index (χ4v) is 2.69. The van der Waals surface area contributed by atoms with Crippen LogP contribution in [-0.2, 0) is 0 Å². The van der Waals surface area contributed by atoms with Crippen LogP contribution in [-0.4, -0.2) is 5.78 Å². The molecule has 1 aromatic heterocycles. The summed E-state index contributed by atoms with van der Waals surface area (Å²) in [5.41, 5.74) is 0.624. The number of carbonyl (C=O) groups excluding carboxylic acids is 1. The number of halogens is 3. The fourth-order valence-electron chi connectivity index (χ4n) is 1.36. The Morgan fingerprint density at radius 2 is 2.00 bits per heavy atom. The molecular formula is C13H7Cl3OS. The van der Waals surface area contributed by atoms with Crippen LogP contribution in [0.5, 0.6) is 0 Å². The molecule has 0 spiro atoms. The van der Waals surface area contributed by atoms with Gasteiger partial charge in [-0.05, 0) is 41.3 Å². The van der Waals surface area contributed by atoms with Gasteiger partial charge in [0.15, 0.2) is 5.78 Å². The summed E-state index contributed by atoms with van der Waals surface area (Å²) in [4.78, 5) is 12.5. The van der Waals surface area contributed by atoms with Crippen LogP contribution < -0.4 is 0 Å². The van der Waals surface area contributed by atoms with Gasteiger partial charge in [-0.25, -0.2) is 0 Å². The van der Waals surface area contributed by atoms with Gasteiger partial charge in [0.05, 0.1) is 14.9 Å². The molecule has 1 nitrogen and oxygen atoms in total. The maximum atomic E-state index is 11.8. The third-order valence-electron chi connectivity index (χ3n) is 2.20. The summed E-state index contributed by atoms with van der Waals surface area (Å²) >= 11 is 19.2. The molecule has 0 radical (unpaired) electrons. The van der Waals surface area contributed by atoms with Crippen LogP contribution in [0.25, 0.3) is 6.08 Å². The quantitative estimate of drug-likeness (QED) is 0.409. The predicted molar refractivity (Wildman–Crippen MR) is 79.2 cm³/mol. The molecule has 0 N–H and O–H groups in total. The number of rotatable bonds is 3. The number of hydrogen-bond donors (Lipinski definition) is 0. The molecule has 0 bridgehead atoms. The van der Waals surface area contributed by atoms with Crippen molar-refractivity contribution in [3.8, 4) is 0 Å². The summed E-state index contributed by atoms with van der Waals surface area (Å²) in [5, 5.41) is 3.08. The van der Waals surface area contributed by atoms with E-state index in [4.69, 9.17) is 34.8 Å². The second-order valence-corrected chi connectivity index (χ2v) is 5.64. The summed E-state index contributed by atoms with van der Waals surface area (Å²) in [6.45, 7) is 0. The third kappa shape index (κ3) is 3.15. The molecule has 5 heteroatoms. The first kappa shape index (κ1) is 13.6. The number of benzene rings is 1.